The number of benzene rings is 2. The van der Waals surface area contributed by atoms with Gasteiger partial charge in [0.25, 0.3) is 5.91 Å². The number of nitrogens with one attached hydrogen (secondary N) is 1. The van der Waals surface area contributed by atoms with Gasteiger partial charge in [-0.15, -0.1) is 11.3 Å². The Morgan fingerprint density at radius 3 is 2.35 bits per heavy atom. The Bertz CT molecular complexity index is 901. The molecule has 26 heavy (non-hydrogen) atoms. The first-order valence-electron chi connectivity index (χ1n) is 8.06. The van der Waals surface area contributed by atoms with Gasteiger partial charge in [-0.25, -0.2) is 4.79 Å². The fraction of sp³-hybridized carbons (Fsp3) is 0.0476. The highest BCUT2D eigenvalue weighted by atomic mass is 32.1. The van der Waals surface area contributed by atoms with Gasteiger partial charge < -0.3 is 10.1 Å². The molecule has 0 bridgehead atoms. The van der Waals surface area contributed by atoms with Crippen LogP contribution in [0.3, 0.4) is 0 Å². The summed E-state index contributed by atoms with van der Waals surface area (Å²) >= 11 is 1.58. The maximum Gasteiger partial charge on any atom is 0.331 e. The lowest BCUT2D eigenvalue weighted by atomic mass is 10.2. The molecule has 4 nitrogen and oxygen atoms in total. The Morgan fingerprint density at radius 1 is 0.923 bits per heavy atom. The summed E-state index contributed by atoms with van der Waals surface area (Å²) in [5, 5.41) is 2.65. The minimum Gasteiger partial charge on any atom is -0.452 e. The molecule has 1 amide bonds. The molecular weight excluding hydrogens is 346 g/mol. The van der Waals surface area contributed by atoms with Crippen molar-refractivity contribution >= 4 is 35.0 Å². The molecule has 1 aromatic heterocycles. The lowest BCUT2D eigenvalue weighted by Gasteiger charge is -2.04. The topological polar surface area (TPSA) is 55.4 Å². The SMILES string of the molecule is O=C(COC(=O)/C=C/c1ccc(-c2ccccc2)s1)Nc1ccccc1. The van der Waals surface area contributed by atoms with Crippen molar-refractivity contribution in [1.29, 1.82) is 0 Å². The highest BCUT2D eigenvalue weighted by molar-refractivity contribution is 7.16. The second-order valence-corrected chi connectivity index (χ2v) is 6.54. The number of ether oxygens (including phenoxy) is 1. The van der Waals surface area contributed by atoms with Crippen LogP contribution >= 0.6 is 11.3 Å². The van der Waals surface area contributed by atoms with Crippen LogP contribution in [-0.4, -0.2) is 18.5 Å². The molecule has 130 valence electrons. The van der Waals surface area contributed by atoms with Gasteiger partial charge in [-0.1, -0.05) is 48.5 Å². The van der Waals surface area contributed by atoms with E-state index in [2.05, 4.69) is 5.32 Å². The number of para-hydroxylation sites is 1. The maximum atomic E-state index is 11.8. The summed E-state index contributed by atoms with van der Waals surface area (Å²) in [6.45, 7) is -0.322. The number of esters is 1. The number of carbonyl (C=O) groups is 2. The van der Waals surface area contributed by atoms with Crippen LogP contribution in [-0.2, 0) is 14.3 Å². The van der Waals surface area contributed by atoms with Gasteiger partial charge in [0.05, 0.1) is 0 Å². The van der Waals surface area contributed by atoms with E-state index in [-0.39, 0.29) is 12.5 Å². The Hall–Kier alpha value is -3.18. The Morgan fingerprint density at radius 2 is 1.62 bits per heavy atom. The van der Waals surface area contributed by atoms with Crippen molar-refractivity contribution in [3.8, 4) is 10.4 Å². The largest absolute Gasteiger partial charge is 0.452 e. The van der Waals surface area contributed by atoms with E-state index in [0.29, 0.717) is 5.69 Å². The molecule has 0 saturated heterocycles. The summed E-state index contributed by atoms with van der Waals surface area (Å²) in [5.74, 6) is -0.927. The summed E-state index contributed by atoms with van der Waals surface area (Å²) in [6, 6.07) is 23.0. The van der Waals surface area contributed by atoms with Crippen molar-refractivity contribution in [3.63, 3.8) is 0 Å². The summed E-state index contributed by atoms with van der Waals surface area (Å²) in [7, 11) is 0. The molecule has 1 N–H and O–H groups in total. The second kappa shape index (κ2) is 8.78. The summed E-state index contributed by atoms with van der Waals surface area (Å²) in [5.41, 5.74) is 1.80. The first-order chi connectivity index (χ1) is 12.7. The predicted molar refractivity (Wildman–Crippen MR) is 105 cm³/mol. The second-order valence-electron chi connectivity index (χ2n) is 5.42. The average molecular weight is 363 g/mol. The van der Waals surface area contributed by atoms with Gasteiger partial charge in [-0.2, -0.15) is 0 Å². The van der Waals surface area contributed by atoms with Gasteiger partial charge in [-0.05, 0) is 35.9 Å². The van der Waals surface area contributed by atoms with Gasteiger partial charge in [-0.3, -0.25) is 4.79 Å². The summed E-state index contributed by atoms with van der Waals surface area (Å²) in [6.07, 6.45) is 3.02. The Balaban J connectivity index is 1.49. The van der Waals surface area contributed by atoms with Gasteiger partial charge in [0.2, 0.25) is 0 Å². The summed E-state index contributed by atoms with van der Waals surface area (Å²) in [4.78, 5) is 25.6. The molecule has 0 saturated carbocycles. The van der Waals surface area contributed by atoms with Gasteiger partial charge in [0.1, 0.15) is 0 Å². The van der Waals surface area contributed by atoms with Crippen molar-refractivity contribution in [2.24, 2.45) is 0 Å². The van der Waals surface area contributed by atoms with E-state index in [9.17, 15) is 9.59 Å². The third-order valence-electron chi connectivity index (χ3n) is 3.47. The summed E-state index contributed by atoms with van der Waals surface area (Å²) < 4.78 is 4.96. The number of hydrogen-bond donors (Lipinski definition) is 1. The van der Waals surface area contributed by atoms with Gasteiger partial charge in [0, 0.05) is 21.5 Å². The molecule has 0 spiro atoms. The average Bonchev–Trinajstić information content (AvgIpc) is 3.15. The van der Waals surface area contributed by atoms with E-state index in [4.69, 9.17) is 4.74 Å². The lowest BCUT2D eigenvalue weighted by Crippen LogP contribution is -2.20. The maximum absolute atomic E-state index is 11.8. The van der Waals surface area contributed by atoms with Crippen LogP contribution < -0.4 is 5.32 Å². The molecule has 2 aromatic carbocycles. The monoisotopic (exact) mass is 363 g/mol. The molecule has 0 radical (unpaired) electrons. The third-order valence-corrected chi connectivity index (χ3v) is 4.57. The first-order valence-corrected chi connectivity index (χ1v) is 8.87. The van der Waals surface area contributed by atoms with Crippen LogP contribution in [0.1, 0.15) is 4.88 Å². The highest BCUT2D eigenvalue weighted by Gasteiger charge is 2.06. The van der Waals surface area contributed by atoms with E-state index >= 15 is 0 Å². The molecule has 3 rings (SSSR count). The quantitative estimate of drug-likeness (QED) is 0.514. The van der Waals surface area contributed by atoms with Crippen molar-refractivity contribution < 1.29 is 14.3 Å². The van der Waals surface area contributed by atoms with Crippen molar-refractivity contribution in [3.05, 3.63) is 83.7 Å². The fourth-order valence-corrected chi connectivity index (χ4v) is 3.17. The molecule has 0 unspecified atom stereocenters. The lowest BCUT2D eigenvalue weighted by molar-refractivity contribution is -0.142. The molecule has 0 atom stereocenters. The number of rotatable bonds is 6. The number of carbonyl (C=O) groups excluding carboxylic acids is 2. The van der Waals surface area contributed by atoms with Crippen LogP contribution in [0.4, 0.5) is 5.69 Å². The number of hydrogen-bond acceptors (Lipinski definition) is 4. The first kappa shape index (κ1) is 17.6. The molecule has 0 aliphatic rings. The minimum atomic E-state index is -0.553. The molecule has 5 heteroatoms. The normalized spacial score (nSPS) is 10.6. The predicted octanol–water partition coefficient (Wildman–Crippen LogP) is 4.61. The number of thiophene rings is 1. The molecule has 0 fully saturated rings. The van der Waals surface area contributed by atoms with E-state index in [0.717, 1.165) is 15.3 Å². The number of amides is 1. The third kappa shape index (κ3) is 5.16. The van der Waals surface area contributed by atoms with Gasteiger partial charge >= 0.3 is 5.97 Å². The molecular formula is C21H17NO3S. The highest BCUT2D eigenvalue weighted by Crippen LogP contribution is 2.28. The zero-order valence-electron chi connectivity index (χ0n) is 13.9. The van der Waals surface area contributed by atoms with Gasteiger partial charge in [0.15, 0.2) is 6.61 Å². The molecule has 3 aromatic rings. The van der Waals surface area contributed by atoms with Crippen molar-refractivity contribution in [1.82, 2.24) is 0 Å². The molecule has 0 aliphatic heterocycles. The Labute approximate surface area is 155 Å². The van der Waals surface area contributed by atoms with Crippen LogP contribution in [0.25, 0.3) is 16.5 Å². The van der Waals surface area contributed by atoms with E-state index < -0.39 is 5.97 Å². The zero-order chi connectivity index (χ0) is 18.2. The fourth-order valence-electron chi connectivity index (χ4n) is 2.25. The van der Waals surface area contributed by atoms with Crippen LogP contribution in [0, 0.1) is 0 Å². The van der Waals surface area contributed by atoms with Crippen LogP contribution in [0.2, 0.25) is 0 Å². The van der Waals surface area contributed by atoms with Crippen LogP contribution in [0.5, 0.6) is 0 Å². The van der Waals surface area contributed by atoms with E-state index in [1.165, 1.54) is 6.08 Å². The van der Waals surface area contributed by atoms with Crippen molar-refractivity contribution in [2.45, 2.75) is 0 Å². The van der Waals surface area contributed by atoms with Crippen molar-refractivity contribution in [2.75, 3.05) is 11.9 Å². The zero-order valence-corrected chi connectivity index (χ0v) is 14.7. The minimum absolute atomic E-state index is 0.322. The molecule has 0 aliphatic carbocycles. The smallest absolute Gasteiger partial charge is 0.331 e. The standard InChI is InChI=1S/C21H17NO3S/c23-20(22-17-9-5-2-6-10-17)15-25-21(24)14-12-18-11-13-19(26-18)16-7-3-1-4-8-16/h1-14H,15H2,(H,22,23)/b14-12+. The molecule has 1 heterocycles. The number of anilines is 1. The Kier molecular flexibility index (Phi) is 5.96. The van der Waals surface area contributed by atoms with E-state index in [1.54, 1.807) is 29.5 Å². The van der Waals surface area contributed by atoms with Crippen LogP contribution in [0.15, 0.2) is 78.9 Å². The van der Waals surface area contributed by atoms with E-state index in [1.807, 2.05) is 60.7 Å².